The first-order valence-electron chi connectivity index (χ1n) is 4.30. The number of aryl methyl sites for hydroxylation is 1. The molecule has 0 radical (unpaired) electrons. The topological polar surface area (TPSA) is 69.1 Å². The summed E-state index contributed by atoms with van der Waals surface area (Å²) in [7, 11) is 0. The van der Waals surface area contributed by atoms with E-state index in [1.807, 2.05) is 19.1 Å². The molecule has 3 nitrogen and oxygen atoms in total. The summed E-state index contributed by atoms with van der Waals surface area (Å²) in [6.07, 6.45) is 0.155. The minimum absolute atomic E-state index is 0.155. The van der Waals surface area contributed by atoms with E-state index in [2.05, 4.69) is 0 Å². The summed E-state index contributed by atoms with van der Waals surface area (Å²) < 4.78 is 0. The Balaban J connectivity index is 2.90. The van der Waals surface area contributed by atoms with Gasteiger partial charge in [0.1, 0.15) is 0 Å². The van der Waals surface area contributed by atoms with Gasteiger partial charge in [-0.1, -0.05) is 17.7 Å². The minimum Gasteiger partial charge on any atom is -0.370 e. The normalized spacial score (nSPS) is 12.5. The van der Waals surface area contributed by atoms with Crippen LogP contribution in [0.25, 0.3) is 0 Å². The third-order valence-corrected chi connectivity index (χ3v) is 2.29. The van der Waals surface area contributed by atoms with Crippen molar-refractivity contribution in [1.82, 2.24) is 0 Å². The lowest BCUT2D eigenvalue weighted by Gasteiger charge is -2.12. The zero-order valence-electron chi connectivity index (χ0n) is 7.96. The highest BCUT2D eigenvalue weighted by Crippen LogP contribution is 2.21. The van der Waals surface area contributed by atoms with Gasteiger partial charge in [-0.05, 0) is 30.2 Å². The molecule has 0 fully saturated rings. The molecule has 4 heteroatoms. The molecule has 14 heavy (non-hydrogen) atoms. The molecule has 1 aromatic carbocycles. The number of benzene rings is 1. The smallest absolute Gasteiger partial charge is 0.219 e. The molecule has 0 aromatic heterocycles. The van der Waals surface area contributed by atoms with E-state index in [9.17, 15) is 4.79 Å². The highest BCUT2D eigenvalue weighted by molar-refractivity contribution is 6.30. The Kier molecular flexibility index (Phi) is 3.49. The zero-order chi connectivity index (χ0) is 10.7. The molecule has 1 atom stereocenters. The van der Waals surface area contributed by atoms with Crippen LogP contribution in [-0.4, -0.2) is 5.91 Å². The Morgan fingerprint density at radius 2 is 2.21 bits per heavy atom. The second-order valence-electron chi connectivity index (χ2n) is 3.28. The minimum atomic E-state index is -0.396. The Morgan fingerprint density at radius 3 is 2.71 bits per heavy atom. The molecule has 1 aromatic rings. The van der Waals surface area contributed by atoms with Gasteiger partial charge in [0.25, 0.3) is 0 Å². The van der Waals surface area contributed by atoms with Crippen molar-refractivity contribution in [3.05, 3.63) is 34.3 Å². The molecule has 0 aliphatic rings. The van der Waals surface area contributed by atoms with Gasteiger partial charge in [0, 0.05) is 17.5 Å². The Hall–Kier alpha value is -1.06. The number of carbonyl (C=O) groups is 1. The standard InChI is InChI=1S/C10H13ClN2O/c1-6-4-7(11)2-3-8(6)9(12)5-10(13)14/h2-4,9H,5,12H2,1H3,(H2,13,14). The Morgan fingerprint density at radius 1 is 1.57 bits per heavy atom. The monoisotopic (exact) mass is 212 g/mol. The summed E-state index contributed by atoms with van der Waals surface area (Å²) >= 11 is 5.79. The molecule has 0 bridgehead atoms. The van der Waals surface area contributed by atoms with Gasteiger partial charge in [-0.2, -0.15) is 0 Å². The molecule has 0 aliphatic heterocycles. The molecule has 0 saturated carbocycles. The molecule has 0 heterocycles. The number of hydrogen-bond donors (Lipinski definition) is 2. The van der Waals surface area contributed by atoms with Gasteiger partial charge in [-0.15, -0.1) is 0 Å². The average molecular weight is 213 g/mol. The zero-order valence-corrected chi connectivity index (χ0v) is 8.71. The molecule has 0 saturated heterocycles. The fourth-order valence-corrected chi connectivity index (χ4v) is 1.61. The molecule has 1 unspecified atom stereocenters. The van der Waals surface area contributed by atoms with Crippen LogP contribution in [0.3, 0.4) is 0 Å². The van der Waals surface area contributed by atoms with E-state index >= 15 is 0 Å². The second kappa shape index (κ2) is 4.44. The Bertz CT molecular complexity index is 352. The first-order chi connectivity index (χ1) is 6.50. The Labute approximate surface area is 88.0 Å². The van der Waals surface area contributed by atoms with Crippen LogP contribution in [0, 0.1) is 6.92 Å². The van der Waals surface area contributed by atoms with Gasteiger partial charge in [0.2, 0.25) is 5.91 Å². The van der Waals surface area contributed by atoms with Crippen LogP contribution in [0.4, 0.5) is 0 Å². The van der Waals surface area contributed by atoms with Crippen molar-refractivity contribution in [3.63, 3.8) is 0 Å². The summed E-state index contributed by atoms with van der Waals surface area (Å²) in [6.45, 7) is 1.90. The van der Waals surface area contributed by atoms with Crippen molar-refractivity contribution in [1.29, 1.82) is 0 Å². The lowest BCUT2D eigenvalue weighted by molar-refractivity contribution is -0.118. The summed E-state index contributed by atoms with van der Waals surface area (Å²) in [4.78, 5) is 10.7. The molecular formula is C10H13ClN2O. The van der Waals surface area contributed by atoms with E-state index in [-0.39, 0.29) is 12.5 Å². The van der Waals surface area contributed by atoms with Crippen LogP contribution in [0.2, 0.25) is 5.02 Å². The van der Waals surface area contributed by atoms with Gasteiger partial charge in [0.05, 0.1) is 0 Å². The van der Waals surface area contributed by atoms with E-state index in [1.165, 1.54) is 0 Å². The van der Waals surface area contributed by atoms with Gasteiger partial charge >= 0.3 is 0 Å². The van der Waals surface area contributed by atoms with E-state index in [4.69, 9.17) is 23.1 Å². The maximum atomic E-state index is 10.7. The highest BCUT2D eigenvalue weighted by Gasteiger charge is 2.11. The molecule has 1 amide bonds. The van der Waals surface area contributed by atoms with E-state index in [1.54, 1.807) is 6.07 Å². The molecule has 76 valence electrons. The van der Waals surface area contributed by atoms with Crippen LogP contribution >= 0.6 is 11.6 Å². The summed E-state index contributed by atoms with van der Waals surface area (Å²) in [5.41, 5.74) is 12.8. The van der Waals surface area contributed by atoms with Gasteiger partial charge in [0.15, 0.2) is 0 Å². The first kappa shape index (κ1) is 11.0. The lowest BCUT2D eigenvalue weighted by Crippen LogP contribution is -2.21. The maximum Gasteiger partial charge on any atom is 0.219 e. The third-order valence-electron chi connectivity index (χ3n) is 2.05. The van der Waals surface area contributed by atoms with Gasteiger partial charge < -0.3 is 11.5 Å². The predicted octanol–water partition coefficient (Wildman–Crippen LogP) is 1.52. The maximum absolute atomic E-state index is 10.7. The van der Waals surface area contributed by atoms with Crippen LogP contribution in [0.15, 0.2) is 18.2 Å². The lowest BCUT2D eigenvalue weighted by atomic mass is 9.99. The van der Waals surface area contributed by atoms with Crippen LogP contribution in [0.5, 0.6) is 0 Å². The van der Waals surface area contributed by atoms with Crippen LogP contribution < -0.4 is 11.5 Å². The fraction of sp³-hybridized carbons (Fsp3) is 0.300. The number of halogens is 1. The number of hydrogen-bond acceptors (Lipinski definition) is 2. The summed E-state index contributed by atoms with van der Waals surface area (Å²) in [6, 6.07) is 5.05. The van der Waals surface area contributed by atoms with Gasteiger partial charge in [-0.3, -0.25) is 4.79 Å². The van der Waals surface area contributed by atoms with Crippen LogP contribution in [-0.2, 0) is 4.79 Å². The van der Waals surface area contributed by atoms with Gasteiger partial charge in [-0.25, -0.2) is 0 Å². The van der Waals surface area contributed by atoms with E-state index in [0.717, 1.165) is 11.1 Å². The molecule has 0 aliphatic carbocycles. The number of nitrogens with two attached hydrogens (primary N) is 2. The molecule has 0 spiro atoms. The molecule has 4 N–H and O–H groups in total. The van der Waals surface area contributed by atoms with Crippen molar-refractivity contribution in [2.45, 2.75) is 19.4 Å². The van der Waals surface area contributed by atoms with Crippen LogP contribution in [0.1, 0.15) is 23.6 Å². The number of primary amides is 1. The van der Waals surface area contributed by atoms with Crippen molar-refractivity contribution in [2.75, 3.05) is 0 Å². The van der Waals surface area contributed by atoms with E-state index < -0.39 is 5.91 Å². The highest BCUT2D eigenvalue weighted by atomic mass is 35.5. The summed E-state index contributed by atoms with van der Waals surface area (Å²) in [5.74, 6) is -0.396. The second-order valence-corrected chi connectivity index (χ2v) is 3.71. The molecular weight excluding hydrogens is 200 g/mol. The summed E-state index contributed by atoms with van der Waals surface area (Å²) in [5, 5.41) is 0.664. The van der Waals surface area contributed by atoms with Crippen molar-refractivity contribution in [2.24, 2.45) is 11.5 Å². The number of rotatable bonds is 3. The number of carbonyl (C=O) groups excluding carboxylic acids is 1. The largest absolute Gasteiger partial charge is 0.370 e. The van der Waals surface area contributed by atoms with E-state index in [0.29, 0.717) is 5.02 Å². The predicted molar refractivity (Wildman–Crippen MR) is 56.9 cm³/mol. The molecule has 1 rings (SSSR count). The third kappa shape index (κ3) is 2.72. The first-order valence-corrected chi connectivity index (χ1v) is 4.68. The number of amides is 1. The van der Waals surface area contributed by atoms with Crippen molar-refractivity contribution in [3.8, 4) is 0 Å². The van der Waals surface area contributed by atoms with Crippen molar-refractivity contribution >= 4 is 17.5 Å². The van der Waals surface area contributed by atoms with Crippen molar-refractivity contribution < 1.29 is 4.79 Å². The quantitative estimate of drug-likeness (QED) is 0.798. The SMILES string of the molecule is Cc1cc(Cl)ccc1C(N)CC(N)=O. The fourth-order valence-electron chi connectivity index (χ4n) is 1.38. The average Bonchev–Trinajstić information content (AvgIpc) is 2.01.